The van der Waals surface area contributed by atoms with Crippen LogP contribution < -0.4 is 0 Å². The van der Waals surface area contributed by atoms with Gasteiger partial charge < -0.3 is 4.79 Å². The molecular weight excluding hydrogens is 172 g/mol. The van der Waals surface area contributed by atoms with E-state index in [0.717, 1.165) is 18.8 Å². The van der Waals surface area contributed by atoms with Crippen LogP contribution in [0.15, 0.2) is 12.2 Å². The number of Topliss-reactive ketones (excluding diaryl/α,β-unsaturated/α-hetero) is 1. The molecule has 0 heterocycles. The molecule has 0 N–H and O–H groups in total. The van der Waals surface area contributed by atoms with E-state index < -0.39 is 0 Å². The van der Waals surface area contributed by atoms with Crippen LogP contribution in [0.25, 0.3) is 0 Å². The van der Waals surface area contributed by atoms with E-state index in [1.807, 2.05) is 0 Å². The lowest BCUT2D eigenvalue weighted by atomic mass is 9.76. The summed E-state index contributed by atoms with van der Waals surface area (Å²) in [5, 5.41) is 0. The third kappa shape index (κ3) is 2.97. The molecule has 2 unspecified atom stereocenters. The molecule has 1 aliphatic rings. The first-order valence-corrected chi connectivity index (χ1v) is 5.57. The average Bonchev–Trinajstić information content (AvgIpc) is 2.28. The Morgan fingerprint density at radius 2 is 2.07 bits per heavy atom. The molecule has 0 amide bonds. The number of rotatable bonds is 4. The Kier molecular flexibility index (Phi) is 3.52. The molecule has 0 aromatic carbocycles. The summed E-state index contributed by atoms with van der Waals surface area (Å²) in [4.78, 5) is 11.3. The average molecular weight is 194 g/mol. The highest BCUT2D eigenvalue weighted by Gasteiger charge is 2.37. The van der Waals surface area contributed by atoms with E-state index in [1.165, 1.54) is 24.8 Å². The summed E-state index contributed by atoms with van der Waals surface area (Å²) < 4.78 is 0. The van der Waals surface area contributed by atoms with Gasteiger partial charge in [0.15, 0.2) is 0 Å². The number of allylic oxidation sites excluding steroid dienone is 1. The lowest BCUT2D eigenvalue weighted by Crippen LogP contribution is -2.20. The van der Waals surface area contributed by atoms with Crippen molar-refractivity contribution >= 4 is 5.78 Å². The van der Waals surface area contributed by atoms with Gasteiger partial charge in [-0.1, -0.05) is 18.9 Å². The van der Waals surface area contributed by atoms with Crippen molar-refractivity contribution in [2.75, 3.05) is 0 Å². The second-order valence-electron chi connectivity index (χ2n) is 5.36. The van der Waals surface area contributed by atoms with Crippen LogP contribution in [0.1, 0.15) is 52.9 Å². The first-order chi connectivity index (χ1) is 6.43. The van der Waals surface area contributed by atoms with E-state index in [1.54, 1.807) is 6.92 Å². The molecule has 14 heavy (non-hydrogen) atoms. The minimum atomic E-state index is 0.261. The molecule has 0 aliphatic heterocycles. The van der Waals surface area contributed by atoms with E-state index in [-0.39, 0.29) is 5.41 Å². The van der Waals surface area contributed by atoms with Crippen molar-refractivity contribution < 1.29 is 4.79 Å². The second kappa shape index (κ2) is 4.29. The van der Waals surface area contributed by atoms with E-state index in [0.29, 0.717) is 5.78 Å². The van der Waals surface area contributed by atoms with Gasteiger partial charge in [0.1, 0.15) is 5.78 Å². The molecule has 0 radical (unpaired) electrons. The van der Waals surface area contributed by atoms with Crippen LogP contribution in [-0.2, 0) is 4.79 Å². The van der Waals surface area contributed by atoms with E-state index in [9.17, 15) is 4.79 Å². The quantitative estimate of drug-likeness (QED) is 0.623. The molecule has 0 bridgehead atoms. The molecule has 1 heteroatoms. The van der Waals surface area contributed by atoms with Gasteiger partial charge in [0.2, 0.25) is 0 Å². The van der Waals surface area contributed by atoms with Gasteiger partial charge in [0.05, 0.1) is 0 Å². The molecule has 1 nitrogen and oxygen atoms in total. The van der Waals surface area contributed by atoms with Crippen molar-refractivity contribution in [3.8, 4) is 0 Å². The highest BCUT2D eigenvalue weighted by molar-refractivity contribution is 5.76. The SMILES string of the molecule is C=C(C)CC1(CC(C)=O)CCC(C)C1. The Morgan fingerprint density at radius 1 is 1.43 bits per heavy atom. The van der Waals surface area contributed by atoms with Crippen LogP contribution in [0.5, 0.6) is 0 Å². The second-order valence-corrected chi connectivity index (χ2v) is 5.36. The maximum Gasteiger partial charge on any atom is 0.130 e. The van der Waals surface area contributed by atoms with Gasteiger partial charge in [-0.3, -0.25) is 0 Å². The van der Waals surface area contributed by atoms with Crippen LogP contribution in [-0.4, -0.2) is 5.78 Å². The van der Waals surface area contributed by atoms with Crippen molar-refractivity contribution in [2.45, 2.75) is 52.9 Å². The van der Waals surface area contributed by atoms with Gasteiger partial charge in [-0.2, -0.15) is 0 Å². The standard InChI is InChI=1S/C13H22O/c1-10(2)7-13(9-12(4)14)6-5-11(3)8-13/h11H,1,5-9H2,2-4H3. The maximum atomic E-state index is 11.3. The smallest absolute Gasteiger partial charge is 0.130 e. The van der Waals surface area contributed by atoms with Crippen LogP contribution in [0.2, 0.25) is 0 Å². The molecular formula is C13H22O. The number of ketones is 1. The zero-order valence-electron chi connectivity index (χ0n) is 9.73. The van der Waals surface area contributed by atoms with Gasteiger partial charge in [0.25, 0.3) is 0 Å². The molecule has 1 aliphatic carbocycles. The minimum Gasteiger partial charge on any atom is -0.300 e. The fourth-order valence-electron chi connectivity index (χ4n) is 3.05. The Labute approximate surface area is 87.6 Å². The zero-order valence-corrected chi connectivity index (χ0v) is 9.73. The number of carbonyl (C=O) groups is 1. The topological polar surface area (TPSA) is 17.1 Å². The molecule has 80 valence electrons. The number of hydrogen-bond acceptors (Lipinski definition) is 1. The number of carbonyl (C=O) groups excluding carboxylic acids is 1. The summed E-state index contributed by atoms with van der Waals surface area (Å²) in [6.07, 6.45) is 5.49. The molecule has 0 aromatic heterocycles. The van der Waals surface area contributed by atoms with Crippen molar-refractivity contribution in [3.05, 3.63) is 12.2 Å². The predicted molar refractivity (Wildman–Crippen MR) is 60.2 cm³/mol. The fourth-order valence-corrected chi connectivity index (χ4v) is 3.05. The monoisotopic (exact) mass is 194 g/mol. The summed E-state index contributed by atoms with van der Waals surface area (Å²) in [6, 6.07) is 0. The number of hydrogen-bond donors (Lipinski definition) is 0. The third-order valence-electron chi connectivity index (χ3n) is 3.25. The summed E-state index contributed by atoms with van der Waals surface area (Å²) in [5.41, 5.74) is 1.48. The van der Waals surface area contributed by atoms with Crippen molar-refractivity contribution in [2.24, 2.45) is 11.3 Å². The Balaban J connectivity index is 2.69. The van der Waals surface area contributed by atoms with Gasteiger partial charge in [-0.25, -0.2) is 0 Å². The Bertz CT molecular complexity index is 224. The summed E-state index contributed by atoms with van der Waals surface area (Å²) in [6.45, 7) is 10.1. The van der Waals surface area contributed by atoms with Crippen molar-refractivity contribution in [3.63, 3.8) is 0 Å². The molecule has 0 aromatic rings. The van der Waals surface area contributed by atoms with Crippen LogP contribution in [0.4, 0.5) is 0 Å². The van der Waals surface area contributed by atoms with Gasteiger partial charge in [0, 0.05) is 6.42 Å². The fraction of sp³-hybridized carbons (Fsp3) is 0.769. The lowest BCUT2D eigenvalue weighted by molar-refractivity contribution is -0.119. The predicted octanol–water partition coefficient (Wildman–Crippen LogP) is 3.74. The minimum absolute atomic E-state index is 0.261. The molecule has 1 fully saturated rings. The van der Waals surface area contributed by atoms with Crippen LogP contribution in [0.3, 0.4) is 0 Å². The zero-order chi connectivity index (χ0) is 10.8. The van der Waals surface area contributed by atoms with Crippen LogP contribution in [0, 0.1) is 11.3 Å². The van der Waals surface area contributed by atoms with E-state index in [4.69, 9.17) is 0 Å². The first kappa shape index (κ1) is 11.5. The Hall–Kier alpha value is -0.590. The van der Waals surface area contributed by atoms with Gasteiger partial charge in [-0.15, -0.1) is 6.58 Å². The first-order valence-electron chi connectivity index (χ1n) is 5.57. The summed E-state index contributed by atoms with van der Waals surface area (Å²) in [7, 11) is 0. The van der Waals surface area contributed by atoms with Gasteiger partial charge >= 0.3 is 0 Å². The molecule has 2 atom stereocenters. The van der Waals surface area contributed by atoms with Crippen molar-refractivity contribution in [1.29, 1.82) is 0 Å². The van der Waals surface area contributed by atoms with Gasteiger partial charge in [-0.05, 0) is 44.4 Å². The van der Waals surface area contributed by atoms with Crippen molar-refractivity contribution in [1.82, 2.24) is 0 Å². The summed E-state index contributed by atoms with van der Waals surface area (Å²) >= 11 is 0. The molecule has 0 saturated heterocycles. The highest BCUT2D eigenvalue weighted by atomic mass is 16.1. The summed E-state index contributed by atoms with van der Waals surface area (Å²) in [5.74, 6) is 1.12. The molecule has 0 spiro atoms. The van der Waals surface area contributed by atoms with Crippen LogP contribution >= 0.6 is 0 Å². The van der Waals surface area contributed by atoms with E-state index >= 15 is 0 Å². The Morgan fingerprint density at radius 3 is 2.43 bits per heavy atom. The van der Waals surface area contributed by atoms with E-state index in [2.05, 4.69) is 20.4 Å². The maximum absolute atomic E-state index is 11.3. The largest absolute Gasteiger partial charge is 0.300 e. The third-order valence-corrected chi connectivity index (χ3v) is 3.25. The molecule has 1 rings (SSSR count). The highest BCUT2D eigenvalue weighted by Crippen LogP contribution is 2.48. The lowest BCUT2D eigenvalue weighted by Gasteiger charge is -2.28. The normalized spacial score (nSPS) is 31.8. The molecule has 1 saturated carbocycles.